The fourth-order valence-electron chi connectivity index (χ4n) is 2.71. The summed E-state index contributed by atoms with van der Waals surface area (Å²) in [4.78, 5) is 1.29. The fraction of sp³-hybridized carbons (Fsp3) is 0.333. The minimum Gasteiger partial charge on any atom is -0.271 e. The highest BCUT2D eigenvalue weighted by Gasteiger charge is 2.20. The average Bonchev–Trinajstić information content (AvgIpc) is 2.48. The van der Waals surface area contributed by atoms with Gasteiger partial charge in [-0.3, -0.25) is 11.3 Å². The van der Waals surface area contributed by atoms with E-state index in [9.17, 15) is 0 Å². The standard InChI is InChI=1S/C18H22N2S/c19-20-18(13-21-17-10-2-1-3-11-17)16-9-5-8-15(12-16)14-6-4-7-14/h1-3,5,8-12,14,18,20H,4,6-7,13,19H2. The Labute approximate surface area is 131 Å². The minimum absolute atomic E-state index is 0.190. The molecule has 1 fully saturated rings. The van der Waals surface area contributed by atoms with Gasteiger partial charge in [0.25, 0.3) is 0 Å². The number of rotatable bonds is 6. The molecule has 0 bridgehead atoms. The van der Waals surface area contributed by atoms with Crippen LogP contribution in [0.3, 0.4) is 0 Å². The number of hydrogen-bond donors (Lipinski definition) is 2. The van der Waals surface area contributed by atoms with E-state index in [1.165, 1.54) is 35.3 Å². The lowest BCUT2D eigenvalue weighted by molar-refractivity contribution is 0.419. The molecule has 1 saturated carbocycles. The van der Waals surface area contributed by atoms with Crippen molar-refractivity contribution in [3.8, 4) is 0 Å². The molecule has 0 aromatic heterocycles. The van der Waals surface area contributed by atoms with Gasteiger partial charge >= 0.3 is 0 Å². The lowest BCUT2D eigenvalue weighted by atomic mass is 9.79. The normalized spacial score (nSPS) is 16.4. The molecule has 0 spiro atoms. The highest BCUT2D eigenvalue weighted by atomic mass is 32.2. The number of hydrazine groups is 1. The van der Waals surface area contributed by atoms with Gasteiger partial charge in [0.05, 0.1) is 6.04 Å². The Balaban J connectivity index is 1.67. The molecular weight excluding hydrogens is 276 g/mol. The second-order valence-electron chi connectivity index (χ2n) is 5.64. The molecule has 2 nitrogen and oxygen atoms in total. The number of thioether (sulfide) groups is 1. The van der Waals surface area contributed by atoms with Crippen molar-refractivity contribution in [2.45, 2.75) is 36.1 Å². The number of benzene rings is 2. The van der Waals surface area contributed by atoms with Crippen molar-refractivity contribution in [2.75, 3.05) is 5.75 Å². The van der Waals surface area contributed by atoms with Crippen molar-refractivity contribution in [3.05, 3.63) is 65.7 Å². The van der Waals surface area contributed by atoms with Gasteiger partial charge in [0.15, 0.2) is 0 Å². The molecule has 110 valence electrons. The van der Waals surface area contributed by atoms with Crippen molar-refractivity contribution in [1.82, 2.24) is 5.43 Å². The monoisotopic (exact) mass is 298 g/mol. The van der Waals surface area contributed by atoms with Gasteiger partial charge in [-0.15, -0.1) is 11.8 Å². The topological polar surface area (TPSA) is 38.0 Å². The highest BCUT2D eigenvalue weighted by Crippen LogP contribution is 2.37. The number of nitrogens with two attached hydrogens (primary N) is 1. The Morgan fingerprint density at radius 1 is 1.10 bits per heavy atom. The quantitative estimate of drug-likeness (QED) is 0.475. The van der Waals surface area contributed by atoms with Crippen LogP contribution in [0.2, 0.25) is 0 Å². The van der Waals surface area contributed by atoms with E-state index in [2.05, 4.69) is 54.0 Å². The summed E-state index contributed by atoms with van der Waals surface area (Å²) in [5.74, 6) is 7.49. The van der Waals surface area contributed by atoms with E-state index in [0.717, 1.165) is 11.7 Å². The molecule has 0 saturated heterocycles. The van der Waals surface area contributed by atoms with E-state index in [1.54, 1.807) is 0 Å². The molecular formula is C18H22N2S. The van der Waals surface area contributed by atoms with Crippen LogP contribution in [0.25, 0.3) is 0 Å². The van der Waals surface area contributed by atoms with E-state index in [1.807, 2.05) is 17.8 Å². The molecule has 21 heavy (non-hydrogen) atoms. The van der Waals surface area contributed by atoms with Gasteiger partial charge in [-0.25, -0.2) is 0 Å². The van der Waals surface area contributed by atoms with E-state index < -0.39 is 0 Å². The second-order valence-corrected chi connectivity index (χ2v) is 6.73. The Bertz CT molecular complexity index is 566. The summed E-state index contributed by atoms with van der Waals surface area (Å²) >= 11 is 1.84. The van der Waals surface area contributed by atoms with Crippen molar-refractivity contribution in [1.29, 1.82) is 0 Å². The minimum atomic E-state index is 0.190. The summed E-state index contributed by atoms with van der Waals surface area (Å²) in [7, 11) is 0. The van der Waals surface area contributed by atoms with Gasteiger partial charge in [0.2, 0.25) is 0 Å². The Morgan fingerprint density at radius 2 is 1.90 bits per heavy atom. The van der Waals surface area contributed by atoms with E-state index in [4.69, 9.17) is 5.84 Å². The Hall–Kier alpha value is -1.29. The zero-order valence-electron chi connectivity index (χ0n) is 12.2. The molecule has 0 aliphatic heterocycles. The zero-order chi connectivity index (χ0) is 14.5. The molecule has 0 amide bonds. The largest absolute Gasteiger partial charge is 0.271 e. The van der Waals surface area contributed by atoms with Crippen LogP contribution < -0.4 is 11.3 Å². The van der Waals surface area contributed by atoms with Crippen LogP contribution in [-0.4, -0.2) is 5.75 Å². The Morgan fingerprint density at radius 3 is 2.57 bits per heavy atom. The van der Waals surface area contributed by atoms with E-state index >= 15 is 0 Å². The summed E-state index contributed by atoms with van der Waals surface area (Å²) in [5, 5.41) is 0. The van der Waals surface area contributed by atoms with Crippen LogP contribution in [0.4, 0.5) is 0 Å². The molecule has 1 atom stereocenters. The van der Waals surface area contributed by atoms with Crippen LogP contribution in [0.5, 0.6) is 0 Å². The van der Waals surface area contributed by atoms with Gasteiger partial charge in [0, 0.05) is 10.6 Å². The number of hydrogen-bond acceptors (Lipinski definition) is 3. The smallest absolute Gasteiger partial charge is 0.0554 e. The van der Waals surface area contributed by atoms with Gasteiger partial charge in [-0.2, -0.15) is 0 Å². The van der Waals surface area contributed by atoms with Gasteiger partial charge in [-0.1, -0.05) is 48.9 Å². The molecule has 1 unspecified atom stereocenters. The molecule has 0 heterocycles. The lowest BCUT2D eigenvalue weighted by Crippen LogP contribution is -2.29. The summed E-state index contributed by atoms with van der Waals surface area (Å²) in [5.41, 5.74) is 5.74. The molecule has 1 aliphatic carbocycles. The second kappa shape index (κ2) is 7.12. The summed E-state index contributed by atoms with van der Waals surface area (Å²) in [6, 6.07) is 19.6. The first kappa shape index (κ1) is 14.6. The first-order chi connectivity index (χ1) is 10.4. The van der Waals surface area contributed by atoms with Crippen LogP contribution in [0, 0.1) is 0 Å². The van der Waals surface area contributed by atoms with E-state index in [-0.39, 0.29) is 6.04 Å². The van der Waals surface area contributed by atoms with Crippen molar-refractivity contribution < 1.29 is 0 Å². The van der Waals surface area contributed by atoms with E-state index in [0.29, 0.717) is 0 Å². The maximum absolute atomic E-state index is 5.78. The SMILES string of the molecule is NNC(CSc1ccccc1)c1cccc(C2CCC2)c1. The Kier molecular flexibility index (Phi) is 4.96. The lowest BCUT2D eigenvalue weighted by Gasteiger charge is -2.27. The third-order valence-electron chi connectivity index (χ3n) is 4.25. The third-order valence-corrected chi connectivity index (χ3v) is 5.36. The van der Waals surface area contributed by atoms with Crippen LogP contribution in [-0.2, 0) is 0 Å². The van der Waals surface area contributed by atoms with Crippen molar-refractivity contribution in [2.24, 2.45) is 5.84 Å². The van der Waals surface area contributed by atoms with Crippen LogP contribution >= 0.6 is 11.8 Å². The molecule has 0 radical (unpaired) electrons. The first-order valence-corrected chi connectivity index (χ1v) is 8.59. The number of nitrogens with one attached hydrogen (secondary N) is 1. The fourth-order valence-corrected chi connectivity index (χ4v) is 3.71. The molecule has 3 rings (SSSR count). The van der Waals surface area contributed by atoms with Gasteiger partial charge in [-0.05, 0) is 42.0 Å². The predicted molar refractivity (Wildman–Crippen MR) is 90.3 cm³/mol. The third kappa shape index (κ3) is 3.67. The van der Waals surface area contributed by atoms with Gasteiger partial charge in [0.1, 0.15) is 0 Å². The zero-order valence-corrected chi connectivity index (χ0v) is 13.0. The van der Waals surface area contributed by atoms with Crippen LogP contribution in [0.1, 0.15) is 42.3 Å². The molecule has 2 aromatic rings. The maximum atomic E-state index is 5.78. The highest BCUT2D eigenvalue weighted by molar-refractivity contribution is 7.99. The van der Waals surface area contributed by atoms with Crippen molar-refractivity contribution >= 4 is 11.8 Å². The summed E-state index contributed by atoms with van der Waals surface area (Å²) < 4.78 is 0. The van der Waals surface area contributed by atoms with Gasteiger partial charge < -0.3 is 0 Å². The summed E-state index contributed by atoms with van der Waals surface area (Å²) in [6.45, 7) is 0. The van der Waals surface area contributed by atoms with Crippen molar-refractivity contribution in [3.63, 3.8) is 0 Å². The molecule has 3 N–H and O–H groups in total. The molecule has 2 aromatic carbocycles. The average molecular weight is 298 g/mol. The first-order valence-electron chi connectivity index (χ1n) is 7.60. The predicted octanol–water partition coefficient (Wildman–Crippen LogP) is 4.25. The maximum Gasteiger partial charge on any atom is 0.0554 e. The molecule has 1 aliphatic rings. The van der Waals surface area contributed by atoms with Crippen LogP contribution in [0.15, 0.2) is 59.5 Å². The summed E-state index contributed by atoms with van der Waals surface area (Å²) in [6.07, 6.45) is 4.04. The molecule has 3 heteroatoms.